The molecule has 32 heavy (non-hydrogen) atoms. The molecule has 2 bridgehead atoms. The number of ether oxygens (including phenoxy) is 2. The first-order valence-corrected chi connectivity index (χ1v) is 11.1. The van der Waals surface area contributed by atoms with Gasteiger partial charge in [0, 0.05) is 0 Å². The number of anilines is 1. The van der Waals surface area contributed by atoms with Crippen LogP contribution in [0.3, 0.4) is 0 Å². The van der Waals surface area contributed by atoms with Gasteiger partial charge in [0.15, 0.2) is 6.61 Å². The number of hydrogen-bond donors (Lipinski definition) is 1. The lowest BCUT2D eigenvalue weighted by atomic mass is 9.85. The van der Waals surface area contributed by atoms with Crippen molar-refractivity contribution in [2.45, 2.75) is 33.2 Å². The fourth-order valence-electron chi connectivity index (χ4n) is 5.13. The molecule has 1 aliphatic heterocycles. The number of hydrogen-bond acceptors (Lipinski definition) is 6. The molecule has 0 aromatic heterocycles. The molecule has 5 atom stereocenters. The summed E-state index contributed by atoms with van der Waals surface area (Å²) in [7, 11) is 0. The number of fused-ring (bicyclic) bond motifs is 5. The summed E-state index contributed by atoms with van der Waals surface area (Å²) in [6, 6.07) is 5.90. The van der Waals surface area contributed by atoms with Crippen molar-refractivity contribution in [1.82, 2.24) is 4.90 Å². The number of rotatable bonds is 8. The van der Waals surface area contributed by atoms with E-state index in [4.69, 9.17) is 9.47 Å². The van der Waals surface area contributed by atoms with Gasteiger partial charge in [-0.25, -0.2) is 4.79 Å². The molecule has 3 aliphatic rings. The lowest BCUT2D eigenvalue weighted by molar-refractivity contribution is -0.162. The fourth-order valence-corrected chi connectivity index (χ4v) is 5.13. The van der Waals surface area contributed by atoms with E-state index in [1.165, 1.54) is 0 Å². The smallest absolute Gasteiger partial charge is 0.330 e. The van der Waals surface area contributed by atoms with Crippen LogP contribution in [0.1, 0.15) is 27.2 Å². The second-order valence-electron chi connectivity index (χ2n) is 8.82. The predicted molar refractivity (Wildman–Crippen MR) is 115 cm³/mol. The summed E-state index contributed by atoms with van der Waals surface area (Å²) in [5, 5.41) is 2.66. The number of likely N-dealkylation sites (tertiary alicyclic amines) is 1. The maximum Gasteiger partial charge on any atom is 0.330 e. The Bertz CT molecular complexity index is 941. The molecule has 0 unspecified atom stereocenters. The summed E-state index contributed by atoms with van der Waals surface area (Å²) in [5.74, 6) is -2.38. The van der Waals surface area contributed by atoms with Crippen LogP contribution in [0.4, 0.5) is 5.69 Å². The standard InChI is InChI=1S/C24H28N2O6/c1-4-31-17-8-6-5-7-16(17)25-18(27)12-32-24(30)21(13(2)3)26-22(28)19-14-9-10-15(11-14)20(19)23(26)29/h5-10,13-15,19-21H,4,11-12H2,1-3H3,(H,25,27)/t14-,15-,19-,20+,21+/m0/s1. The van der Waals surface area contributed by atoms with Gasteiger partial charge < -0.3 is 14.8 Å². The second-order valence-corrected chi connectivity index (χ2v) is 8.82. The highest BCUT2D eigenvalue weighted by molar-refractivity contribution is 6.09. The number of carbonyl (C=O) groups is 4. The van der Waals surface area contributed by atoms with Crippen LogP contribution in [0.5, 0.6) is 5.75 Å². The van der Waals surface area contributed by atoms with E-state index in [0.717, 1.165) is 11.3 Å². The van der Waals surface area contributed by atoms with Crippen LogP contribution in [-0.2, 0) is 23.9 Å². The molecule has 8 heteroatoms. The van der Waals surface area contributed by atoms with Crippen molar-refractivity contribution >= 4 is 29.4 Å². The van der Waals surface area contributed by atoms with E-state index in [1.54, 1.807) is 38.1 Å². The van der Waals surface area contributed by atoms with E-state index >= 15 is 0 Å². The van der Waals surface area contributed by atoms with Crippen molar-refractivity contribution in [3.63, 3.8) is 0 Å². The molecule has 1 saturated carbocycles. The third-order valence-electron chi connectivity index (χ3n) is 6.46. The molecule has 1 aromatic rings. The van der Waals surface area contributed by atoms with E-state index in [1.807, 2.05) is 19.1 Å². The maximum atomic E-state index is 13.1. The highest BCUT2D eigenvalue weighted by Crippen LogP contribution is 2.53. The first kappa shape index (κ1) is 22.0. The number of benzene rings is 1. The summed E-state index contributed by atoms with van der Waals surface area (Å²) in [4.78, 5) is 52.5. The zero-order valence-corrected chi connectivity index (χ0v) is 18.4. The summed E-state index contributed by atoms with van der Waals surface area (Å²) in [6.45, 7) is 5.26. The Kier molecular flexibility index (Phi) is 6.04. The first-order valence-electron chi connectivity index (χ1n) is 11.1. The molecule has 8 nitrogen and oxygen atoms in total. The SMILES string of the molecule is CCOc1ccccc1NC(=O)COC(=O)[C@@H](C(C)C)N1C(=O)[C@@H]2[C@H](C1=O)[C@H]1C=C[C@H]2C1. The Hall–Kier alpha value is -3.16. The van der Waals surface area contributed by atoms with Gasteiger partial charge >= 0.3 is 5.97 Å². The van der Waals surface area contributed by atoms with Gasteiger partial charge in [0.25, 0.3) is 5.91 Å². The largest absolute Gasteiger partial charge is 0.492 e. The molecule has 1 aromatic carbocycles. The minimum absolute atomic E-state index is 0.0615. The number of allylic oxidation sites excluding steroid dienone is 2. The Morgan fingerprint density at radius 1 is 1.09 bits per heavy atom. The number of nitrogens with one attached hydrogen (secondary N) is 1. The quantitative estimate of drug-likeness (QED) is 0.378. The lowest BCUT2D eigenvalue weighted by Crippen LogP contribution is -2.50. The van der Waals surface area contributed by atoms with E-state index in [-0.39, 0.29) is 41.4 Å². The van der Waals surface area contributed by atoms with E-state index in [2.05, 4.69) is 5.32 Å². The maximum absolute atomic E-state index is 13.1. The summed E-state index contributed by atoms with van der Waals surface area (Å²) >= 11 is 0. The van der Waals surface area contributed by atoms with Crippen LogP contribution < -0.4 is 10.1 Å². The van der Waals surface area contributed by atoms with Crippen molar-refractivity contribution < 1.29 is 28.7 Å². The summed E-state index contributed by atoms with van der Waals surface area (Å²) < 4.78 is 10.7. The molecule has 0 spiro atoms. The van der Waals surface area contributed by atoms with Gasteiger partial charge in [0.05, 0.1) is 24.1 Å². The van der Waals surface area contributed by atoms with Gasteiger partial charge in [0.1, 0.15) is 11.8 Å². The van der Waals surface area contributed by atoms with Gasteiger partial charge in [-0.05, 0) is 43.2 Å². The van der Waals surface area contributed by atoms with E-state index in [0.29, 0.717) is 18.0 Å². The Labute approximate surface area is 186 Å². The van der Waals surface area contributed by atoms with Gasteiger partial charge in [-0.3, -0.25) is 19.3 Å². The average molecular weight is 440 g/mol. The number of carbonyl (C=O) groups excluding carboxylic acids is 4. The third-order valence-corrected chi connectivity index (χ3v) is 6.46. The molecular formula is C24H28N2O6. The highest BCUT2D eigenvalue weighted by atomic mass is 16.5. The van der Waals surface area contributed by atoms with E-state index in [9.17, 15) is 19.2 Å². The molecule has 4 rings (SSSR count). The second kappa shape index (κ2) is 8.76. The Balaban J connectivity index is 1.41. The fraction of sp³-hybridized carbons (Fsp3) is 0.500. The van der Waals surface area contributed by atoms with Crippen LogP contribution in [0.15, 0.2) is 36.4 Å². The molecule has 2 fully saturated rings. The van der Waals surface area contributed by atoms with Crippen LogP contribution >= 0.6 is 0 Å². The summed E-state index contributed by atoms with van der Waals surface area (Å²) in [6.07, 6.45) is 4.84. The minimum atomic E-state index is -1.05. The molecule has 170 valence electrons. The van der Waals surface area contributed by atoms with Gasteiger partial charge in [0.2, 0.25) is 11.8 Å². The minimum Gasteiger partial charge on any atom is -0.492 e. The van der Waals surface area contributed by atoms with Crippen LogP contribution in [0, 0.1) is 29.6 Å². The van der Waals surface area contributed by atoms with Crippen molar-refractivity contribution in [2.75, 3.05) is 18.5 Å². The molecule has 0 radical (unpaired) electrons. The molecule has 1 N–H and O–H groups in total. The highest BCUT2D eigenvalue weighted by Gasteiger charge is 2.61. The number of imide groups is 1. The lowest BCUT2D eigenvalue weighted by Gasteiger charge is -2.28. The van der Waals surface area contributed by atoms with Gasteiger partial charge in [-0.2, -0.15) is 0 Å². The van der Waals surface area contributed by atoms with Crippen molar-refractivity contribution in [3.05, 3.63) is 36.4 Å². The summed E-state index contributed by atoms with van der Waals surface area (Å²) in [5.41, 5.74) is 0.469. The molecule has 2 aliphatic carbocycles. The number of amides is 3. The van der Waals surface area contributed by atoms with Gasteiger partial charge in [-0.15, -0.1) is 0 Å². The van der Waals surface area contributed by atoms with Crippen LogP contribution in [0.2, 0.25) is 0 Å². The van der Waals surface area contributed by atoms with Crippen molar-refractivity contribution in [3.8, 4) is 5.75 Å². The molecule has 1 saturated heterocycles. The van der Waals surface area contributed by atoms with E-state index < -0.39 is 24.5 Å². The van der Waals surface area contributed by atoms with Crippen molar-refractivity contribution in [1.29, 1.82) is 0 Å². The number of para-hydroxylation sites is 2. The Morgan fingerprint density at radius 3 is 2.31 bits per heavy atom. The van der Waals surface area contributed by atoms with Crippen LogP contribution in [0.25, 0.3) is 0 Å². The number of nitrogens with zero attached hydrogens (tertiary/aromatic N) is 1. The number of esters is 1. The zero-order chi connectivity index (χ0) is 23.0. The molecular weight excluding hydrogens is 412 g/mol. The van der Waals surface area contributed by atoms with Crippen molar-refractivity contribution in [2.24, 2.45) is 29.6 Å². The predicted octanol–water partition coefficient (Wildman–Crippen LogP) is 2.40. The monoisotopic (exact) mass is 440 g/mol. The average Bonchev–Trinajstić information content (AvgIpc) is 3.44. The molecule has 3 amide bonds. The normalized spacial score (nSPS) is 26.4. The third kappa shape index (κ3) is 3.78. The first-order chi connectivity index (χ1) is 15.3. The van der Waals surface area contributed by atoms with Gasteiger partial charge in [-0.1, -0.05) is 38.1 Å². The van der Waals surface area contributed by atoms with Crippen LogP contribution in [-0.4, -0.2) is 47.8 Å². The topological polar surface area (TPSA) is 102 Å². The Morgan fingerprint density at radius 2 is 1.72 bits per heavy atom. The zero-order valence-electron chi connectivity index (χ0n) is 18.4. The molecule has 1 heterocycles.